The van der Waals surface area contributed by atoms with Crippen molar-refractivity contribution in [2.75, 3.05) is 23.7 Å². The van der Waals surface area contributed by atoms with Crippen molar-refractivity contribution in [3.63, 3.8) is 0 Å². The number of ketones is 1. The number of aromatic nitrogens is 1. The molecule has 7 nitrogen and oxygen atoms in total. The summed E-state index contributed by atoms with van der Waals surface area (Å²) < 4.78 is 6.06. The Balaban J connectivity index is 0.00000387. The number of para-hydroxylation sites is 1. The second-order valence-electron chi connectivity index (χ2n) is 9.18. The lowest BCUT2D eigenvalue weighted by molar-refractivity contribution is -0.116. The summed E-state index contributed by atoms with van der Waals surface area (Å²) in [6, 6.07) is 26.0. The molecule has 0 unspecified atom stereocenters. The minimum Gasteiger partial charge on any atom is -0.487 e. The molecule has 1 aromatic heterocycles. The molecule has 0 fully saturated rings. The van der Waals surface area contributed by atoms with E-state index < -0.39 is 6.03 Å². The van der Waals surface area contributed by atoms with Gasteiger partial charge >= 0.3 is 6.03 Å². The summed E-state index contributed by atoms with van der Waals surface area (Å²) in [5.74, 6) is 0.392. The number of benzene rings is 4. The zero-order valence-electron chi connectivity index (χ0n) is 22.0. The highest BCUT2D eigenvalue weighted by molar-refractivity contribution is 6.37. The van der Waals surface area contributed by atoms with E-state index in [4.69, 9.17) is 27.9 Å². The van der Waals surface area contributed by atoms with Crippen LogP contribution in [0.4, 0.5) is 16.2 Å². The molecule has 0 aliphatic heterocycles. The molecule has 5 aromatic rings. The molecule has 0 radical (unpaired) electrons. The van der Waals surface area contributed by atoms with E-state index in [9.17, 15) is 9.59 Å². The van der Waals surface area contributed by atoms with E-state index in [0.717, 1.165) is 27.4 Å². The molecule has 0 aliphatic carbocycles. The van der Waals surface area contributed by atoms with E-state index in [1.165, 1.54) is 0 Å². The van der Waals surface area contributed by atoms with E-state index in [2.05, 4.69) is 20.9 Å². The van der Waals surface area contributed by atoms with Crippen molar-refractivity contribution in [1.29, 1.82) is 0 Å². The number of hydrogen-bond donors (Lipinski definition) is 3. The molecule has 5 rings (SSSR count). The second-order valence-corrected chi connectivity index (χ2v) is 9.97. The number of Topliss-reactive ketones (excluding diaryl/α,β-unsaturated/α-hetero) is 1. The summed E-state index contributed by atoms with van der Waals surface area (Å²) >= 11 is 13.1. The Labute approximate surface area is 253 Å². The van der Waals surface area contributed by atoms with Crippen LogP contribution in [0.5, 0.6) is 5.75 Å². The summed E-state index contributed by atoms with van der Waals surface area (Å²) in [6.45, 7) is 1.85. The van der Waals surface area contributed by atoms with Gasteiger partial charge in [-0.15, -0.1) is 12.4 Å². The van der Waals surface area contributed by atoms with Crippen LogP contribution >= 0.6 is 35.6 Å². The number of nitrogens with one attached hydrogen (secondary N) is 3. The maximum atomic E-state index is 12.5. The quantitative estimate of drug-likeness (QED) is 0.159. The van der Waals surface area contributed by atoms with Gasteiger partial charge < -0.3 is 20.7 Å². The molecule has 0 atom stereocenters. The molecule has 41 heavy (non-hydrogen) atoms. The molecule has 4 aromatic carbocycles. The van der Waals surface area contributed by atoms with Crippen molar-refractivity contribution in [2.45, 2.75) is 13.5 Å². The zero-order valence-corrected chi connectivity index (χ0v) is 24.4. The van der Waals surface area contributed by atoms with Crippen LogP contribution < -0.4 is 20.7 Å². The Morgan fingerprint density at radius 2 is 1.59 bits per heavy atom. The molecule has 3 N–H and O–H groups in total. The third kappa shape index (κ3) is 7.19. The number of hydrogen-bond acceptors (Lipinski definition) is 5. The van der Waals surface area contributed by atoms with Gasteiger partial charge in [-0.25, -0.2) is 9.78 Å². The van der Waals surface area contributed by atoms with Crippen LogP contribution in [0.3, 0.4) is 0 Å². The lowest BCUT2D eigenvalue weighted by Gasteiger charge is -2.15. The Morgan fingerprint density at radius 1 is 0.829 bits per heavy atom. The van der Waals surface area contributed by atoms with Crippen LogP contribution in [0.25, 0.3) is 21.7 Å². The van der Waals surface area contributed by atoms with Gasteiger partial charge in [-0.2, -0.15) is 0 Å². The van der Waals surface area contributed by atoms with Crippen LogP contribution in [0.1, 0.15) is 11.3 Å². The number of halogens is 3. The summed E-state index contributed by atoms with van der Waals surface area (Å²) in [5.41, 5.74) is 3.42. The molecule has 0 spiro atoms. The molecule has 2 amide bonds. The van der Waals surface area contributed by atoms with Gasteiger partial charge in [0.1, 0.15) is 17.9 Å². The first-order valence-electron chi connectivity index (χ1n) is 12.6. The van der Waals surface area contributed by atoms with Crippen molar-refractivity contribution in [3.8, 4) is 5.75 Å². The Morgan fingerprint density at radius 3 is 2.44 bits per heavy atom. The number of nitrogens with zero attached hydrogens (tertiary/aromatic N) is 1. The zero-order chi connectivity index (χ0) is 28.1. The van der Waals surface area contributed by atoms with Gasteiger partial charge in [0.05, 0.1) is 29.5 Å². The highest BCUT2D eigenvalue weighted by Crippen LogP contribution is 2.33. The van der Waals surface area contributed by atoms with Crippen molar-refractivity contribution in [3.05, 3.63) is 106 Å². The number of carbonyl (C=O) groups excluding carboxylic acids is 2. The number of ether oxygens (including phenoxy) is 1. The fourth-order valence-corrected chi connectivity index (χ4v) is 4.83. The lowest BCUT2D eigenvalue weighted by Crippen LogP contribution is -2.35. The number of pyridine rings is 1. The average molecular weight is 610 g/mol. The maximum Gasteiger partial charge on any atom is 0.319 e. The first-order chi connectivity index (χ1) is 19.4. The number of carbonyl (C=O) groups is 2. The highest BCUT2D eigenvalue weighted by Gasteiger charge is 2.14. The smallest absolute Gasteiger partial charge is 0.319 e. The van der Waals surface area contributed by atoms with Gasteiger partial charge in [0, 0.05) is 27.1 Å². The molecule has 0 bridgehead atoms. The normalized spacial score (nSPS) is 10.6. The largest absolute Gasteiger partial charge is 0.487 e. The third-order valence-corrected chi connectivity index (χ3v) is 7.13. The fraction of sp³-hybridized carbons (Fsp3) is 0.129. The van der Waals surface area contributed by atoms with E-state index in [1.807, 2.05) is 79.7 Å². The minimum atomic E-state index is -0.466. The third-order valence-electron chi connectivity index (χ3n) is 6.34. The molecular formula is C31H27Cl3N4O3. The first-order valence-corrected chi connectivity index (χ1v) is 13.4. The van der Waals surface area contributed by atoms with E-state index in [0.29, 0.717) is 32.7 Å². The molecule has 0 saturated heterocycles. The summed E-state index contributed by atoms with van der Waals surface area (Å²) in [6.07, 6.45) is 0. The molecule has 210 valence electrons. The van der Waals surface area contributed by atoms with Gasteiger partial charge in [-0.3, -0.25) is 4.79 Å². The van der Waals surface area contributed by atoms with Crippen LogP contribution in [0.15, 0.2) is 84.9 Å². The molecule has 0 saturated carbocycles. The Bertz CT molecular complexity index is 1720. The standard InChI is InChI=1S/C31H26Cl2N4O3.ClH/c1-19-12-13-21-8-5-11-28(30(21)36-19)40-18-24-25(32)14-15-27(29(24)33)34-16-22(38)17-35-31(39)37-26-10-4-7-20-6-2-3-9-23(20)26;/h2-15,34H,16-18H2,1H3,(H2,35,37,39);1H. The van der Waals surface area contributed by atoms with Crippen LogP contribution in [0.2, 0.25) is 10.0 Å². The molecule has 10 heteroatoms. The summed E-state index contributed by atoms with van der Waals surface area (Å²) in [5, 5.41) is 12.1. The number of urea groups is 1. The minimum absolute atomic E-state index is 0. The predicted molar refractivity (Wildman–Crippen MR) is 169 cm³/mol. The topological polar surface area (TPSA) is 92.4 Å². The second kappa shape index (κ2) is 13.5. The molecule has 0 aliphatic rings. The SMILES string of the molecule is Cc1ccc2cccc(OCc3c(Cl)ccc(NCC(=O)CNC(=O)Nc4cccc5ccccc45)c3Cl)c2n1.Cl. The van der Waals surface area contributed by atoms with Crippen molar-refractivity contribution in [1.82, 2.24) is 10.3 Å². The van der Waals surface area contributed by atoms with Gasteiger partial charge in [-0.05, 0) is 42.6 Å². The Kier molecular flexibility index (Phi) is 9.89. The fourth-order valence-electron chi connectivity index (χ4n) is 4.29. The van der Waals surface area contributed by atoms with Gasteiger partial charge in [-0.1, -0.05) is 77.8 Å². The van der Waals surface area contributed by atoms with Crippen LogP contribution in [-0.2, 0) is 11.4 Å². The van der Waals surface area contributed by atoms with Gasteiger partial charge in [0.2, 0.25) is 0 Å². The van der Waals surface area contributed by atoms with E-state index in [-0.39, 0.29) is 37.9 Å². The van der Waals surface area contributed by atoms with Crippen molar-refractivity contribution >= 4 is 80.5 Å². The van der Waals surface area contributed by atoms with Gasteiger partial charge in [0.15, 0.2) is 5.78 Å². The van der Waals surface area contributed by atoms with E-state index >= 15 is 0 Å². The predicted octanol–water partition coefficient (Wildman–Crippen LogP) is 7.81. The lowest BCUT2D eigenvalue weighted by atomic mass is 10.1. The van der Waals surface area contributed by atoms with Crippen molar-refractivity contribution in [2.24, 2.45) is 0 Å². The van der Waals surface area contributed by atoms with Gasteiger partial charge in [0.25, 0.3) is 0 Å². The number of fused-ring (bicyclic) bond motifs is 2. The summed E-state index contributed by atoms with van der Waals surface area (Å²) in [4.78, 5) is 29.5. The van der Waals surface area contributed by atoms with Crippen molar-refractivity contribution < 1.29 is 14.3 Å². The molecule has 1 heterocycles. The number of amides is 2. The maximum absolute atomic E-state index is 12.5. The monoisotopic (exact) mass is 608 g/mol. The number of anilines is 2. The highest BCUT2D eigenvalue weighted by atomic mass is 35.5. The van der Waals surface area contributed by atoms with Crippen LogP contribution in [-0.4, -0.2) is 29.9 Å². The van der Waals surface area contributed by atoms with E-state index in [1.54, 1.807) is 12.1 Å². The molecular weight excluding hydrogens is 583 g/mol. The average Bonchev–Trinajstić information content (AvgIpc) is 2.96. The number of rotatable bonds is 9. The summed E-state index contributed by atoms with van der Waals surface area (Å²) in [7, 11) is 0. The first kappa shape index (κ1) is 29.9. The Hall–Kier alpha value is -4.04. The van der Waals surface area contributed by atoms with Crippen LogP contribution in [0, 0.1) is 6.92 Å². The number of aryl methyl sites for hydroxylation is 1.